The minimum atomic E-state index is -0.142. The van der Waals surface area contributed by atoms with Crippen LogP contribution in [0.15, 0.2) is 54.6 Å². The maximum absolute atomic E-state index is 9.48. The highest BCUT2D eigenvalue weighted by atomic mass is 16.5. The molecule has 104 valence electrons. The maximum atomic E-state index is 9.48. The summed E-state index contributed by atoms with van der Waals surface area (Å²) in [6.45, 7) is 4.73. The van der Waals surface area contributed by atoms with Crippen molar-refractivity contribution in [3.8, 4) is 22.9 Å². The first-order valence-corrected chi connectivity index (χ1v) is 7.05. The summed E-state index contributed by atoms with van der Waals surface area (Å²) in [4.78, 5) is 0. The predicted octanol–water partition coefficient (Wildman–Crippen LogP) is 4.68. The van der Waals surface area contributed by atoms with Gasteiger partial charge in [0.05, 0.1) is 18.2 Å². The summed E-state index contributed by atoms with van der Waals surface area (Å²) < 4.78 is 5.88. The van der Waals surface area contributed by atoms with Crippen LogP contribution < -0.4 is 4.74 Å². The van der Waals surface area contributed by atoms with Crippen molar-refractivity contribution in [1.29, 1.82) is 5.26 Å². The van der Waals surface area contributed by atoms with Crippen LogP contribution >= 0.6 is 0 Å². The fraction of sp³-hybridized carbons (Fsp3) is 0.211. The Labute approximate surface area is 125 Å². The number of ether oxygens (including phenoxy) is 1. The van der Waals surface area contributed by atoms with Crippen LogP contribution in [0.1, 0.15) is 19.4 Å². The van der Waals surface area contributed by atoms with Crippen molar-refractivity contribution in [1.82, 2.24) is 0 Å². The molecule has 1 heterocycles. The Kier molecular flexibility index (Phi) is 3.27. The fourth-order valence-electron chi connectivity index (χ4n) is 2.54. The van der Waals surface area contributed by atoms with E-state index in [2.05, 4.69) is 32.0 Å². The summed E-state index contributed by atoms with van der Waals surface area (Å²) in [6.07, 6.45) is 2.01. The molecule has 2 aromatic rings. The zero-order valence-corrected chi connectivity index (χ0v) is 12.3. The van der Waals surface area contributed by atoms with E-state index >= 15 is 0 Å². The van der Waals surface area contributed by atoms with Gasteiger partial charge in [-0.05, 0) is 23.3 Å². The molecule has 0 radical (unpaired) electrons. The van der Waals surface area contributed by atoms with Crippen LogP contribution in [0, 0.1) is 16.7 Å². The first kappa shape index (κ1) is 13.5. The molecule has 1 aliphatic heterocycles. The molecule has 1 aliphatic rings. The highest BCUT2D eigenvalue weighted by Gasteiger charge is 2.24. The summed E-state index contributed by atoms with van der Waals surface area (Å²) in [5.74, 6) is 0.785. The summed E-state index contributed by atoms with van der Waals surface area (Å²) in [5.41, 5.74) is 3.66. The second kappa shape index (κ2) is 5.10. The Balaban J connectivity index is 2.14. The predicted molar refractivity (Wildman–Crippen MR) is 84.7 cm³/mol. The quantitative estimate of drug-likeness (QED) is 0.757. The van der Waals surface area contributed by atoms with E-state index in [4.69, 9.17) is 4.74 Å². The number of rotatable bonds is 1. The van der Waals surface area contributed by atoms with Gasteiger partial charge in [0.2, 0.25) is 0 Å². The average Bonchev–Trinajstić information content (AvgIpc) is 2.64. The molecular weight excluding hydrogens is 258 g/mol. The van der Waals surface area contributed by atoms with E-state index in [1.165, 1.54) is 0 Å². The minimum absolute atomic E-state index is 0.142. The minimum Gasteiger partial charge on any atom is -0.492 e. The highest BCUT2D eigenvalue weighted by Crippen LogP contribution is 2.37. The van der Waals surface area contributed by atoms with Crippen LogP contribution in [0.3, 0.4) is 0 Å². The van der Waals surface area contributed by atoms with E-state index in [1.54, 1.807) is 0 Å². The van der Waals surface area contributed by atoms with Gasteiger partial charge >= 0.3 is 0 Å². The second-order valence-electron chi connectivity index (χ2n) is 6.02. The van der Waals surface area contributed by atoms with Crippen LogP contribution in [0.2, 0.25) is 0 Å². The van der Waals surface area contributed by atoms with E-state index in [1.807, 2.05) is 42.5 Å². The number of hydrogen-bond acceptors (Lipinski definition) is 2. The molecule has 0 aliphatic carbocycles. The SMILES string of the molecule is CC1(C)C=C(C#N)c2cc(-c3ccccc3)ccc2OC1. The number of benzene rings is 2. The zero-order chi connectivity index (χ0) is 14.9. The van der Waals surface area contributed by atoms with Gasteiger partial charge in [-0.1, -0.05) is 56.3 Å². The molecule has 0 atom stereocenters. The zero-order valence-electron chi connectivity index (χ0n) is 12.3. The smallest absolute Gasteiger partial charge is 0.127 e. The molecule has 0 saturated carbocycles. The normalized spacial score (nSPS) is 16.0. The monoisotopic (exact) mass is 275 g/mol. The third-order valence-electron chi connectivity index (χ3n) is 3.63. The summed E-state index contributed by atoms with van der Waals surface area (Å²) in [7, 11) is 0. The van der Waals surface area contributed by atoms with Crippen molar-refractivity contribution in [3.05, 3.63) is 60.2 Å². The third-order valence-corrected chi connectivity index (χ3v) is 3.63. The van der Waals surface area contributed by atoms with E-state index < -0.39 is 0 Å². The fourth-order valence-corrected chi connectivity index (χ4v) is 2.54. The number of hydrogen-bond donors (Lipinski definition) is 0. The lowest BCUT2D eigenvalue weighted by Gasteiger charge is -2.18. The lowest BCUT2D eigenvalue weighted by molar-refractivity contribution is 0.225. The highest BCUT2D eigenvalue weighted by molar-refractivity contribution is 5.84. The van der Waals surface area contributed by atoms with Gasteiger partial charge in [-0.3, -0.25) is 0 Å². The molecule has 0 amide bonds. The first-order valence-electron chi connectivity index (χ1n) is 7.05. The molecule has 0 saturated heterocycles. The van der Waals surface area contributed by atoms with Crippen LogP contribution in [0.4, 0.5) is 0 Å². The average molecular weight is 275 g/mol. The van der Waals surface area contributed by atoms with Crippen LogP contribution in [-0.2, 0) is 0 Å². The number of nitrogens with zero attached hydrogens (tertiary/aromatic N) is 1. The van der Waals surface area contributed by atoms with Gasteiger partial charge in [0.25, 0.3) is 0 Å². The van der Waals surface area contributed by atoms with Crippen molar-refractivity contribution < 1.29 is 4.74 Å². The van der Waals surface area contributed by atoms with Gasteiger partial charge in [-0.15, -0.1) is 0 Å². The molecule has 0 spiro atoms. The largest absolute Gasteiger partial charge is 0.492 e. The van der Waals surface area contributed by atoms with Gasteiger partial charge in [0.1, 0.15) is 5.75 Å². The van der Waals surface area contributed by atoms with Crippen LogP contribution in [0.5, 0.6) is 5.75 Å². The van der Waals surface area contributed by atoms with Crippen molar-refractivity contribution in [3.63, 3.8) is 0 Å². The Bertz CT molecular complexity index is 736. The van der Waals surface area contributed by atoms with E-state index in [-0.39, 0.29) is 5.41 Å². The Morgan fingerprint density at radius 1 is 1.05 bits per heavy atom. The Morgan fingerprint density at radius 2 is 1.81 bits per heavy atom. The number of nitriles is 1. The lowest BCUT2D eigenvalue weighted by Crippen LogP contribution is -2.17. The molecule has 2 nitrogen and oxygen atoms in total. The van der Waals surface area contributed by atoms with E-state index in [0.29, 0.717) is 12.2 Å². The molecule has 2 heteroatoms. The second-order valence-corrected chi connectivity index (χ2v) is 6.02. The third kappa shape index (κ3) is 2.68. The molecule has 0 unspecified atom stereocenters. The molecule has 3 rings (SSSR count). The summed E-state index contributed by atoms with van der Waals surface area (Å²) in [5, 5.41) is 9.48. The van der Waals surface area contributed by atoms with Gasteiger partial charge in [-0.25, -0.2) is 0 Å². The lowest BCUT2D eigenvalue weighted by atomic mass is 9.90. The molecule has 0 N–H and O–H groups in total. The van der Waals surface area contributed by atoms with E-state index in [9.17, 15) is 5.26 Å². The van der Waals surface area contributed by atoms with Crippen molar-refractivity contribution in [2.75, 3.05) is 6.61 Å². The molecule has 0 bridgehead atoms. The molecule has 2 aromatic carbocycles. The van der Waals surface area contributed by atoms with Gasteiger partial charge in [-0.2, -0.15) is 5.26 Å². The first-order chi connectivity index (χ1) is 10.1. The standard InChI is InChI=1S/C19H17NO/c1-19(2)11-16(12-20)17-10-15(8-9-18(17)21-13-19)14-6-4-3-5-7-14/h3-11H,13H2,1-2H3. The summed E-state index contributed by atoms with van der Waals surface area (Å²) >= 11 is 0. The van der Waals surface area contributed by atoms with Crippen molar-refractivity contribution >= 4 is 5.57 Å². The maximum Gasteiger partial charge on any atom is 0.127 e. The van der Waals surface area contributed by atoms with Gasteiger partial charge in [0, 0.05) is 11.0 Å². The van der Waals surface area contributed by atoms with Gasteiger partial charge in [0.15, 0.2) is 0 Å². The van der Waals surface area contributed by atoms with Crippen LogP contribution in [-0.4, -0.2) is 6.61 Å². The van der Waals surface area contributed by atoms with Crippen molar-refractivity contribution in [2.24, 2.45) is 5.41 Å². The summed E-state index contributed by atoms with van der Waals surface area (Å²) in [6, 6.07) is 18.5. The van der Waals surface area contributed by atoms with Crippen LogP contribution in [0.25, 0.3) is 16.7 Å². The number of allylic oxidation sites excluding steroid dienone is 1. The molecule has 0 fully saturated rings. The van der Waals surface area contributed by atoms with Gasteiger partial charge < -0.3 is 4.74 Å². The molecule has 0 aromatic heterocycles. The van der Waals surface area contributed by atoms with E-state index in [0.717, 1.165) is 22.4 Å². The van der Waals surface area contributed by atoms with Crippen molar-refractivity contribution in [2.45, 2.75) is 13.8 Å². The molecule has 21 heavy (non-hydrogen) atoms. The molecular formula is C19H17NO. The number of fused-ring (bicyclic) bond motifs is 1. The topological polar surface area (TPSA) is 33.0 Å². The Morgan fingerprint density at radius 3 is 2.52 bits per heavy atom. The Hall–Kier alpha value is -2.53.